The molecule has 0 saturated carbocycles. The highest BCUT2D eigenvalue weighted by molar-refractivity contribution is 6.03. The number of nitrogens with one attached hydrogen (secondary N) is 1. The average molecular weight is 270 g/mol. The summed E-state index contributed by atoms with van der Waals surface area (Å²) in [6.07, 6.45) is -4.54. The minimum absolute atomic E-state index is 0.0746. The summed E-state index contributed by atoms with van der Waals surface area (Å²) in [4.78, 5) is 11.7. The number of alkyl halides is 3. The zero-order chi connectivity index (χ0) is 14.0. The van der Waals surface area contributed by atoms with Gasteiger partial charge >= 0.3 is 6.18 Å². The quantitative estimate of drug-likeness (QED) is 0.911. The van der Waals surface area contributed by atoms with Crippen LogP contribution in [0, 0.1) is 6.92 Å². The fraction of sp³-hybridized carbons (Fsp3) is 0.167. The number of benzene rings is 1. The number of hydrogen-bond acceptors (Lipinski definition) is 3. The molecule has 0 saturated heterocycles. The van der Waals surface area contributed by atoms with Gasteiger partial charge in [-0.25, -0.2) is 0 Å². The SMILES string of the molecule is Cc1cc(C(=O)Nc2ccccc2C(F)(F)F)no1. The van der Waals surface area contributed by atoms with Gasteiger partial charge in [0.2, 0.25) is 0 Å². The Balaban J connectivity index is 2.27. The van der Waals surface area contributed by atoms with Crippen LogP contribution in [0.5, 0.6) is 0 Å². The van der Waals surface area contributed by atoms with E-state index in [1.165, 1.54) is 24.3 Å². The Morgan fingerprint density at radius 1 is 1.32 bits per heavy atom. The Bertz CT molecular complexity index is 605. The van der Waals surface area contributed by atoms with Crippen LogP contribution >= 0.6 is 0 Å². The smallest absolute Gasteiger partial charge is 0.361 e. The van der Waals surface area contributed by atoms with Crippen LogP contribution < -0.4 is 5.32 Å². The molecule has 2 aromatic rings. The molecule has 1 amide bonds. The van der Waals surface area contributed by atoms with Crippen LogP contribution in [0.1, 0.15) is 21.8 Å². The molecule has 100 valence electrons. The zero-order valence-corrected chi connectivity index (χ0v) is 9.78. The van der Waals surface area contributed by atoms with Crippen molar-refractivity contribution in [1.82, 2.24) is 5.16 Å². The van der Waals surface area contributed by atoms with Crippen LogP contribution in [-0.2, 0) is 6.18 Å². The predicted molar refractivity (Wildman–Crippen MR) is 60.6 cm³/mol. The van der Waals surface area contributed by atoms with Crippen molar-refractivity contribution in [3.63, 3.8) is 0 Å². The molecular formula is C12H9F3N2O2. The van der Waals surface area contributed by atoms with Gasteiger partial charge in [-0.1, -0.05) is 17.3 Å². The molecule has 0 aliphatic carbocycles. The van der Waals surface area contributed by atoms with Crippen LogP contribution in [0.25, 0.3) is 0 Å². The summed E-state index contributed by atoms with van der Waals surface area (Å²) in [6.45, 7) is 1.58. The third kappa shape index (κ3) is 2.93. The van der Waals surface area contributed by atoms with E-state index in [0.29, 0.717) is 5.76 Å². The molecule has 0 aliphatic rings. The number of nitrogens with zero attached hydrogens (tertiary/aromatic N) is 1. The first-order chi connectivity index (χ1) is 8.88. The van der Waals surface area contributed by atoms with Crippen molar-refractivity contribution in [2.75, 3.05) is 5.32 Å². The van der Waals surface area contributed by atoms with Gasteiger partial charge in [0, 0.05) is 6.07 Å². The number of rotatable bonds is 2. The molecule has 4 nitrogen and oxygen atoms in total. The summed E-state index contributed by atoms with van der Waals surface area (Å²) < 4.78 is 42.8. The Morgan fingerprint density at radius 3 is 2.58 bits per heavy atom. The fourth-order valence-electron chi connectivity index (χ4n) is 1.50. The number of hydrogen-bond donors (Lipinski definition) is 1. The normalized spacial score (nSPS) is 11.4. The molecule has 0 aliphatic heterocycles. The lowest BCUT2D eigenvalue weighted by molar-refractivity contribution is -0.136. The average Bonchev–Trinajstić information content (AvgIpc) is 2.75. The van der Waals surface area contributed by atoms with Gasteiger partial charge in [-0.15, -0.1) is 0 Å². The second-order valence-corrected chi connectivity index (χ2v) is 3.82. The van der Waals surface area contributed by atoms with Crippen LogP contribution in [0.3, 0.4) is 0 Å². The van der Waals surface area contributed by atoms with E-state index >= 15 is 0 Å². The van der Waals surface area contributed by atoms with Crippen LogP contribution in [-0.4, -0.2) is 11.1 Å². The van der Waals surface area contributed by atoms with Crippen molar-refractivity contribution >= 4 is 11.6 Å². The molecule has 0 radical (unpaired) electrons. The van der Waals surface area contributed by atoms with Gasteiger partial charge in [0.25, 0.3) is 5.91 Å². The molecule has 1 heterocycles. The summed E-state index contributed by atoms with van der Waals surface area (Å²) in [5.41, 5.74) is -1.31. The molecule has 0 unspecified atom stereocenters. The van der Waals surface area contributed by atoms with Crippen LogP contribution in [0.4, 0.5) is 18.9 Å². The fourth-order valence-corrected chi connectivity index (χ4v) is 1.50. The van der Waals surface area contributed by atoms with E-state index < -0.39 is 17.6 Å². The summed E-state index contributed by atoms with van der Waals surface area (Å²) >= 11 is 0. The number of carbonyl (C=O) groups is 1. The monoisotopic (exact) mass is 270 g/mol. The summed E-state index contributed by atoms with van der Waals surface area (Å²) in [5, 5.41) is 5.60. The maximum absolute atomic E-state index is 12.7. The lowest BCUT2D eigenvalue weighted by Gasteiger charge is -2.12. The molecule has 1 aromatic carbocycles. The van der Waals surface area contributed by atoms with Gasteiger partial charge in [-0.2, -0.15) is 13.2 Å². The Morgan fingerprint density at radius 2 is 2.00 bits per heavy atom. The van der Waals surface area contributed by atoms with Crippen molar-refractivity contribution in [3.8, 4) is 0 Å². The molecule has 2 rings (SSSR count). The largest absolute Gasteiger partial charge is 0.418 e. The topological polar surface area (TPSA) is 55.1 Å². The van der Waals surface area contributed by atoms with Crippen molar-refractivity contribution in [2.24, 2.45) is 0 Å². The highest BCUT2D eigenvalue weighted by Crippen LogP contribution is 2.34. The third-order valence-electron chi connectivity index (χ3n) is 2.34. The van der Waals surface area contributed by atoms with Gasteiger partial charge in [0.05, 0.1) is 11.3 Å². The third-order valence-corrected chi connectivity index (χ3v) is 2.34. The van der Waals surface area contributed by atoms with Gasteiger partial charge in [-0.3, -0.25) is 4.79 Å². The second kappa shape index (κ2) is 4.75. The number of para-hydroxylation sites is 1. The minimum Gasteiger partial charge on any atom is -0.361 e. The molecule has 0 bridgehead atoms. The van der Waals surface area contributed by atoms with Gasteiger partial charge in [0.15, 0.2) is 5.69 Å². The van der Waals surface area contributed by atoms with Crippen molar-refractivity contribution in [2.45, 2.75) is 13.1 Å². The summed E-state index contributed by atoms with van der Waals surface area (Å²) in [7, 11) is 0. The molecule has 0 fully saturated rings. The van der Waals surface area contributed by atoms with E-state index in [9.17, 15) is 18.0 Å². The highest BCUT2D eigenvalue weighted by Gasteiger charge is 2.33. The van der Waals surface area contributed by atoms with Gasteiger partial charge < -0.3 is 9.84 Å². The Kier molecular flexibility index (Phi) is 3.28. The number of carbonyl (C=O) groups excluding carboxylic acids is 1. The predicted octanol–water partition coefficient (Wildman–Crippen LogP) is 3.25. The first-order valence-corrected chi connectivity index (χ1v) is 5.29. The highest BCUT2D eigenvalue weighted by atomic mass is 19.4. The Hall–Kier alpha value is -2.31. The van der Waals surface area contributed by atoms with E-state index in [-0.39, 0.29) is 11.4 Å². The number of halogens is 3. The summed E-state index contributed by atoms with van der Waals surface area (Å²) in [6, 6.07) is 6.06. The van der Waals surface area contributed by atoms with Crippen LogP contribution in [0.15, 0.2) is 34.9 Å². The maximum Gasteiger partial charge on any atom is 0.418 e. The van der Waals surface area contributed by atoms with Crippen molar-refractivity contribution in [1.29, 1.82) is 0 Å². The van der Waals surface area contributed by atoms with E-state index in [2.05, 4.69) is 15.0 Å². The van der Waals surface area contributed by atoms with Crippen molar-refractivity contribution < 1.29 is 22.5 Å². The molecular weight excluding hydrogens is 261 g/mol. The lowest BCUT2D eigenvalue weighted by atomic mass is 10.1. The standard InChI is InChI=1S/C12H9F3N2O2/c1-7-6-10(17-19-7)11(18)16-9-5-3-2-4-8(9)12(13,14)15/h2-6H,1H3,(H,16,18). The molecule has 0 atom stereocenters. The van der Waals surface area contributed by atoms with Crippen molar-refractivity contribution in [3.05, 3.63) is 47.3 Å². The zero-order valence-electron chi connectivity index (χ0n) is 9.78. The van der Waals surface area contributed by atoms with E-state index in [4.69, 9.17) is 0 Å². The molecule has 1 N–H and O–H groups in total. The molecule has 19 heavy (non-hydrogen) atoms. The summed E-state index contributed by atoms with van der Waals surface area (Å²) in [5.74, 6) is -0.359. The Labute approximate surface area is 106 Å². The molecule has 7 heteroatoms. The maximum atomic E-state index is 12.7. The minimum atomic E-state index is -4.54. The van der Waals surface area contributed by atoms with Crippen LogP contribution in [0.2, 0.25) is 0 Å². The molecule has 1 aromatic heterocycles. The number of anilines is 1. The molecule has 0 spiro atoms. The second-order valence-electron chi connectivity index (χ2n) is 3.82. The number of aromatic nitrogens is 1. The first kappa shape index (κ1) is 13.1. The number of amides is 1. The lowest BCUT2D eigenvalue weighted by Crippen LogP contribution is -2.16. The number of aryl methyl sites for hydroxylation is 1. The first-order valence-electron chi connectivity index (χ1n) is 5.29. The van der Waals surface area contributed by atoms with E-state index in [1.807, 2.05) is 0 Å². The van der Waals surface area contributed by atoms with Gasteiger partial charge in [0.1, 0.15) is 5.76 Å². The van der Waals surface area contributed by atoms with E-state index in [1.54, 1.807) is 6.92 Å². The van der Waals surface area contributed by atoms with E-state index in [0.717, 1.165) is 6.07 Å². The van der Waals surface area contributed by atoms with Gasteiger partial charge in [-0.05, 0) is 19.1 Å².